The lowest BCUT2D eigenvalue weighted by molar-refractivity contribution is -0.838. The van der Waals surface area contributed by atoms with Crippen LogP contribution in [0.3, 0.4) is 0 Å². The zero-order chi connectivity index (χ0) is 6.91. The quantitative estimate of drug-likeness (QED) is 0.459. The minimum absolute atomic E-state index is 0.0150. The van der Waals surface area contributed by atoms with Crippen molar-refractivity contribution in [2.24, 2.45) is 0 Å². The number of hydrogen-bond donors (Lipinski definition) is 1. The Balaban J connectivity index is 2.60. The van der Waals surface area contributed by atoms with E-state index in [9.17, 15) is 4.79 Å². The monoisotopic (exact) mass is 131 g/mol. The van der Waals surface area contributed by atoms with Crippen molar-refractivity contribution in [1.29, 1.82) is 0 Å². The molecule has 1 rings (SSSR count). The van der Waals surface area contributed by atoms with Gasteiger partial charge in [0.1, 0.15) is 6.73 Å². The van der Waals surface area contributed by atoms with Gasteiger partial charge in [-0.3, -0.25) is 5.32 Å². The molecule has 1 aliphatic heterocycles. The van der Waals surface area contributed by atoms with Gasteiger partial charge in [-0.2, -0.15) is 0 Å². The normalized spacial score (nSPS) is 25.3. The van der Waals surface area contributed by atoms with Gasteiger partial charge in [0.15, 0.2) is 6.73 Å². The highest BCUT2D eigenvalue weighted by molar-refractivity contribution is 5.66. The maximum atomic E-state index is 10.9. The smallest absolute Gasteiger partial charge is 0.310 e. The Morgan fingerprint density at radius 3 is 2.67 bits per heavy atom. The molecular weight excluding hydrogens is 120 g/mol. The van der Waals surface area contributed by atoms with Crippen LogP contribution in [0.5, 0.6) is 0 Å². The van der Waals surface area contributed by atoms with Crippen molar-refractivity contribution in [2.75, 3.05) is 27.6 Å². The Bertz CT molecular complexity index is 133. The van der Waals surface area contributed by atoms with E-state index in [1.807, 2.05) is 0 Å². The van der Waals surface area contributed by atoms with Crippen LogP contribution >= 0.6 is 0 Å². The van der Waals surface area contributed by atoms with E-state index in [4.69, 9.17) is 4.74 Å². The molecule has 9 heavy (non-hydrogen) atoms. The molecular formula is C5H11N2O2+. The first-order valence-corrected chi connectivity index (χ1v) is 2.82. The number of quaternary nitrogens is 1. The summed E-state index contributed by atoms with van der Waals surface area (Å²) in [6.07, 6.45) is 0. The van der Waals surface area contributed by atoms with E-state index in [1.54, 1.807) is 14.1 Å². The number of ether oxygens (including phenoxy) is 1. The van der Waals surface area contributed by atoms with E-state index in [0.29, 0.717) is 13.5 Å². The van der Waals surface area contributed by atoms with Gasteiger partial charge in [0, 0.05) is 0 Å². The van der Waals surface area contributed by atoms with E-state index in [0.717, 1.165) is 0 Å². The molecule has 2 amide bonds. The second-order valence-corrected chi connectivity index (χ2v) is 2.64. The zero-order valence-corrected chi connectivity index (χ0v) is 5.68. The van der Waals surface area contributed by atoms with Crippen LogP contribution < -0.4 is 5.32 Å². The zero-order valence-electron chi connectivity index (χ0n) is 5.68. The summed E-state index contributed by atoms with van der Waals surface area (Å²) in [5.41, 5.74) is 0. The van der Waals surface area contributed by atoms with Crippen LogP contribution in [0, 0.1) is 0 Å². The topological polar surface area (TPSA) is 38.3 Å². The minimum atomic E-state index is 0.0150. The Morgan fingerprint density at radius 1 is 1.67 bits per heavy atom. The molecule has 1 saturated heterocycles. The average Bonchev–Trinajstić information content (AvgIpc) is 1.77. The standard InChI is InChI=1S/C5H10N2O2/c1-7(2)4-9-3-6-5(7)8/h3-4H2,1-2H3/p+1. The molecule has 0 aromatic carbocycles. The molecule has 0 saturated carbocycles. The molecule has 0 aromatic rings. The first-order chi connectivity index (χ1) is 4.13. The second kappa shape index (κ2) is 1.97. The summed E-state index contributed by atoms with van der Waals surface area (Å²) >= 11 is 0. The molecule has 4 nitrogen and oxygen atoms in total. The maximum Gasteiger partial charge on any atom is 0.419 e. The Labute approximate surface area is 54.0 Å². The Kier molecular flexibility index (Phi) is 1.42. The van der Waals surface area contributed by atoms with Crippen molar-refractivity contribution in [3.05, 3.63) is 0 Å². The number of carbonyl (C=O) groups excluding carboxylic acids is 1. The first-order valence-electron chi connectivity index (χ1n) is 2.82. The van der Waals surface area contributed by atoms with Crippen LogP contribution in [0.2, 0.25) is 0 Å². The highest BCUT2D eigenvalue weighted by atomic mass is 16.5. The number of rotatable bonds is 0. The van der Waals surface area contributed by atoms with Gasteiger partial charge in [-0.1, -0.05) is 0 Å². The van der Waals surface area contributed by atoms with Crippen LogP contribution in [0.4, 0.5) is 4.79 Å². The number of amides is 2. The van der Waals surface area contributed by atoms with Gasteiger partial charge in [-0.25, -0.2) is 9.28 Å². The molecule has 4 heteroatoms. The maximum absolute atomic E-state index is 10.9. The predicted octanol–water partition coefficient (Wildman–Crippen LogP) is -0.282. The van der Waals surface area contributed by atoms with Crippen LogP contribution in [0.1, 0.15) is 0 Å². The van der Waals surface area contributed by atoms with Gasteiger partial charge in [-0.15, -0.1) is 0 Å². The molecule has 0 bridgehead atoms. The molecule has 0 aromatic heterocycles. The van der Waals surface area contributed by atoms with Gasteiger partial charge in [0.05, 0.1) is 14.1 Å². The van der Waals surface area contributed by atoms with E-state index in [1.165, 1.54) is 0 Å². The predicted molar refractivity (Wildman–Crippen MR) is 31.5 cm³/mol. The Morgan fingerprint density at radius 2 is 2.33 bits per heavy atom. The largest absolute Gasteiger partial charge is 0.419 e. The summed E-state index contributed by atoms with van der Waals surface area (Å²) in [5, 5.41) is 2.58. The Hall–Kier alpha value is -0.610. The second-order valence-electron chi connectivity index (χ2n) is 2.64. The number of urea groups is 1. The lowest BCUT2D eigenvalue weighted by Gasteiger charge is -2.29. The molecule has 0 aliphatic carbocycles. The SMILES string of the molecule is C[N+]1(C)COCNC1=O. The van der Waals surface area contributed by atoms with Gasteiger partial charge in [0.2, 0.25) is 0 Å². The molecule has 1 N–H and O–H groups in total. The average molecular weight is 131 g/mol. The first kappa shape index (κ1) is 6.51. The highest BCUT2D eigenvalue weighted by Gasteiger charge is 2.29. The summed E-state index contributed by atoms with van der Waals surface area (Å²) in [7, 11) is 3.60. The fourth-order valence-corrected chi connectivity index (χ4v) is 0.659. The van der Waals surface area contributed by atoms with Crippen LogP contribution in [-0.4, -0.2) is 38.1 Å². The summed E-state index contributed by atoms with van der Waals surface area (Å²) in [4.78, 5) is 10.9. The molecule has 1 fully saturated rings. The molecule has 1 heterocycles. The van der Waals surface area contributed by atoms with Crippen molar-refractivity contribution < 1.29 is 14.0 Å². The van der Waals surface area contributed by atoms with Gasteiger partial charge in [0.25, 0.3) is 0 Å². The molecule has 0 unspecified atom stereocenters. The summed E-state index contributed by atoms with van der Waals surface area (Å²) in [5.74, 6) is 0. The van der Waals surface area contributed by atoms with Crippen LogP contribution in [-0.2, 0) is 4.74 Å². The van der Waals surface area contributed by atoms with Crippen molar-refractivity contribution in [2.45, 2.75) is 0 Å². The minimum Gasteiger partial charge on any atom is -0.310 e. The fourth-order valence-electron chi connectivity index (χ4n) is 0.659. The van der Waals surface area contributed by atoms with E-state index in [-0.39, 0.29) is 10.5 Å². The molecule has 52 valence electrons. The van der Waals surface area contributed by atoms with Gasteiger partial charge < -0.3 is 4.74 Å². The third-order valence-corrected chi connectivity index (χ3v) is 1.29. The molecule has 0 radical (unpaired) electrons. The summed E-state index contributed by atoms with van der Waals surface area (Å²) < 4.78 is 5.26. The van der Waals surface area contributed by atoms with Crippen LogP contribution in [0.25, 0.3) is 0 Å². The molecule has 0 spiro atoms. The van der Waals surface area contributed by atoms with Crippen molar-refractivity contribution in [3.63, 3.8) is 0 Å². The van der Waals surface area contributed by atoms with Crippen molar-refractivity contribution in [3.8, 4) is 0 Å². The van der Waals surface area contributed by atoms with Gasteiger partial charge >= 0.3 is 6.03 Å². The van der Waals surface area contributed by atoms with Crippen molar-refractivity contribution >= 4 is 6.03 Å². The third kappa shape index (κ3) is 1.20. The lowest BCUT2D eigenvalue weighted by atomic mass is 10.6. The molecule has 1 aliphatic rings. The number of hydrogen-bond acceptors (Lipinski definition) is 2. The summed E-state index contributed by atoms with van der Waals surface area (Å²) in [6, 6.07) is 0.0150. The number of nitrogens with zero attached hydrogens (tertiary/aromatic N) is 1. The van der Waals surface area contributed by atoms with E-state index < -0.39 is 0 Å². The fraction of sp³-hybridized carbons (Fsp3) is 0.800. The van der Waals surface area contributed by atoms with Crippen molar-refractivity contribution in [1.82, 2.24) is 5.32 Å². The summed E-state index contributed by atoms with van der Waals surface area (Å²) in [6.45, 7) is 0.812. The number of carbonyl (C=O) groups is 1. The van der Waals surface area contributed by atoms with E-state index >= 15 is 0 Å². The van der Waals surface area contributed by atoms with E-state index in [2.05, 4.69) is 5.32 Å². The highest BCUT2D eigenvalue weighted by Crippen LogP contribution is 2.01. The third-order valence-electron chi connectivity index (χ3n) is 1.29. The van der Waals surface area contributed by atoms with Crippen LogP contribution in [0.15, 0.2) is 0 Å². The van der Waals surface area contributed by atoms with Gasteiger partial charge in [-0.05, 0) is 0 Å². The molecule has 0 atom stereocenters. The number of nitrogens with one attached hydrogen (secondary N) is 1. The lowest BCUT2D eigenvalue weighted by Crippen LogP contribution is -2.57.